The van der Waals surface area contributed by atoms with Gasteiger partial charge in [0.15, 0.2) is 0 Å². The Kier molecular flexibility index (Phi) is 6.43. The summed E-state index contributed by atoms with van der Waals surface area (Å²) in [6.45, 7) is 7.44. The predicted molar refractivity (Wildman–Crippen MR) is 51.9 cm³/mol. The monoisotopic (exact) mass is 148 g/mol. The molecule has 1 saturated heterocycles. The second kappa shape index (κ2) is 6.12. The van der Waals surface area contributed by atoms with Crippen molar-refractivity contribution in [2.75, 3.05) is 6.54 Å². The first-order valence-electron chi connectivity index (χ1n) is 4.37. The molecule has 1 radical (unpaired) electrons. The summed E-state index contributed by atoms with van der Waals surface area (Å²) in [7, 11) is 0. The number of hydrogen-bond donors (Lipinski definition) is 1. The first kappa shape index (κ1) is 11.6. The molecule has 1 heterocycles. The Labute approximate surface area is 82.5 Å². The first-order valence-corrected chi connectivity index (χ1v) is 4.37. The van der Waals surface area contributed by atoms with Crippen molar-refractivity contribution in [3.05, 3.63) is 6.92 Å². The van der Waals surface area contributed by atoms with Gasteiger partial charge in [0.25, 0.3) is 0 Å². The Morgan fingerprint density at radius 2 is 2.09 bits per heavy atom. The molecule has 0 aromatic rings. The van der Waals surface area contributed by atoms with E-state index in [9.17, 15) is 0 Å². The standard InChI is InChI=1S/C9H18N.Li.H/c1-8(2)9-6-4-3-5-7-10-9;;/h8-10H,1,3-7H2,2H3;;. The summed E-state index contributed by atoms with van der Waals surface area (Å²) >= 11 is 0. The van der Waals surface area contributed by atoms with E-state index in [0.717, 1.165) is 0 Å². The zero-order valence-corrected chi connectivity index (χ0v) is 6.90. The van der Waals surface area contributed by atoms with Gasteiger partial charge < -0.3 is 5.32 Å². The molecule has 1 rings (SSSR count). The summed E-state index contributed by atoms with van der Waals surface area (Å²) in [5.41, 5.74) is 0. The Morgan fingerprint density at radius 1 is 1.36 bits per heavy atom. The normalized spacial score (nSPS) is 25.9. The van der Waals surface area contributed by atoms with Crippen molar-refractivity contribution in [1.29, 1.82) is 0 Å². The second-order valence-corrected chi connectivity index (χ2v) is 3.39. The van der Waals surface area contributed by atoms with Gasteiger partial charge in [0.05, 0.1) is 0 Å². The van der Waals surface area contributed by atoms with Crippen LogP contribution in [0, 0.1) is 12.8 Å². The van der Waals surface area contributed by atoms with Crippen molar-refractivity contribution in [3.63, 3.8) is 0 Å². The number of rotatable bonds is 1. The molecular formula is C9H19LiN. The average molecular weight is 148 g/mol. The Hall–Kier alpha value is 0.557. The molecule has 1 N–H and O–H groups in total. The van der Waals surface area contributed by atoms with Gasteiger partial charge in [-0.1, -0.05) is 19.8 Å². The van der Waals surface area contributed by atoms with Crippen LogP contribution in [0.5, 0.6) is 0 Å². The summed E-state index contributed by atoms with van der Waals surface area (Å²) in [5, 5.41) is 3.52. The van der Waals surface area contributed by atoms with Crippen LogP contribution in [0.1, 0.15) is 32.6 Å². The van der Waals surface area contributed by atoms with Crippen LogP contribution in [0.4, 0.5) is 0 Å². The fourth-order valence-electron chi connectivity index (χ4n) is 1.54. The van der Waals surface area contributed by atoms with Crippen molar-refractivity contribution in [2.24, 2.45) is 5.92 Å². The molecule has 0 amide bonds. The van der Waals surface area contributed by atoms with E-state index in [1.165, 1.54) is 32.2 Å². The van der Waals surface area contributed by atoms with Crippen molar-refractivity contribution >= 4 is 18.9 Å². The fraction of sp³-hybridized carbons (Fsp3) is 0.889. The van der Waals surface area contributed by atoms with Gasteiger partial charge in [-0.2, -0.15) is 0 Å². The summed E-state index contributed by atoms with van der Waals surface area (Å²) in [5.74, 6) is 0.568. The van der Waals surface area contributed by atoms with Gasteiger partial charge in [0.2, 0.25) is 0 Å². The van der Waals surface area contributed by atoms with Crippen LogP contribution < -0.4 is 5.32 Å². The van der Waals surface area contributed by atoms with E-state index in [4.69, 9.17) is 0 Å². The summed E-state index contributed by atoms with van der Waals surface area (Å²) in [6, 6.07) is 0.683. The van der Waals surface area contributed by atoms with Crippen LogP contribution in [0.25, 0.3) is 0 Å². The van der Waals surface area contributed by atoms with Gasteiger partial charge in [0, 0.05) is 6.04 Å². The van der Waals surface area contributed by atoms with Crippen molar-refractivity contribution in [2.45, 2.75) is 38.6 Å². The Balaban J connectivity index is 0.000001000. The van der Waals surface area contributed by atoms with Crippen LogP contribution in [0.3, 0.4) is 0 Å². The molecule has 0 bridgehead atoms. The average Bonchev–Trinajstić information content (AvgIpc) is 2.12. The third-order valence-corrected chi connectivity index (χ3v) is 2.29. The van der Waals surface area contributed by atoms with Crippen molar-refractivity contribution in [1.82, 2.24) is 5.32 Å². The second-order valence-electron chi connectivity index (χ2n) is 3.39. The maximum atomic E-state index is 4.04. The third-order valence-electron chi connectivity index (χ3n) is 2.29. The van der Waals surface area contributed by atoms with Crippen LogP contribution in [0.2, 0.25) is 0 Å². The van der Waals surface area contributed by atoms with Gasteiger partial charge in [-0.3, -0.25) is 0 Å². The van der Waals surface area contributed by atoms with E-state index in [1.54, 1.807) is 0 Å². The van der Waals surface area contributed by atoms with E-state index in [1.807, 2.05) is 0 Å². The molecule has 61 valence electrons. The quantitative estimate of drug-likeness (QED) is 0.553. The third kappa shape index (κ3) is 4.21. The molecule has 0 saturated carbocycles. The maximum absolute atomic E-state index is 4.04. The van der Waals surface area contributed by atoms with Gasteiger partial charge >= 0.3 is 18.9 Å². The fourth-order valence-corrected chi connectivity index (χ4v) is 1.54. The van der Waals surface area contributed by atoms with Gasteiger partial charge in [0.1, 0.15) is 0 Å². The van der Waals surface area contributed by atoms with E-state index in [2.05, 4.69) is 19.2 Å². The first-order chi connectivity index (χ1) is 4.80. The van der Waals surface area contributed by atoms with E-state index in [-0.39, 0.29) is 18.9 Å². The molecule has 0 aliphatic carbocycles. The molecule has 1 aliphatic rings. The molecule has 2 atom stereocenters. The number of nitrogens with one attached hydrogen (secondary N) is 1. The summed E-state index contributed by atoms with van der Waals surface area (Å²) < 4.78 is 0. The minimum atomic E-state index is 0. The van der Waals surface area contributed by atoms with E-state index in [0.29, 0.717) is 12.0 Å². The van der Waals surface area contributed by atoms with Crippen molar-refractivity contribution in [3.8, 4) is 0 Å². The molecule has 0 aromatic carbocycles. The molecule has 1 fully saturated rings. The molecule has 0 spiro atoms. The Morgan fingerprint density at radius 3 is 2.73 bits per heavy atom. The predicted octanol–water partition coefficient (Wildman–Crippen LogP) is 1.34. The molecule has 0 aromatic heterocycles. The van der Waals surface area contributed by atoms with Gasteiger partial charge in [-0.25, -0.2) is 0 Å². The summed E-state index contributed by atoms with van der Waals surface area (Å²) in [4.78, 5) is 0. The molecule has 1 nitrogen and oxygen atoms in total. The van der Waals surface area contributed by atoms with Crippen molar-refractivity contribution < 1.29 is 0 Å². The zero-order chi connectivity index (χ0) is 7.40. The topological polar surface area (TPSA) is 12.0 Å². The van der Waals surface area contributed by atoms with Gasteiger partial charge in [-0.05, 0) is 32.2 Å². The Bertz CT molecular complexity index is 85.6. The zero-order valence-electron chi connectivity index (χ0n) is 6.90. The minimum absolute atomic E-state index is 0. The van der Waals surface area contributed by atoms with Crippen LogP contribution >= 0.6 is 0 Å². The van der Waals surface area contributed by atoms with Crippen LogP contribution in [-0.4, -0.2) is 31.4 Å². The van der Waals surface area contributed by atoms with Crippen LogP contribution in [0.15, 0.2) is 0 Å². The molecule has 11 heavy (non-hydrogen) atoms. The SMILES string of the molecule is [CH2]C(C)C1CCCCCN1.[LiH]. The van der Waals surface area contributed by atoms with Crippen LogP contribution in [-0.2, 0) is 0 Å². The molecule has 2 unspecified atom stereocenters. The molecular weight excluding hydrogens is 129 g/mol. The summed E-state index contributed by atoms with van der Waals surface area (Å²) in [6.07, 6.45) is 5.46. The van der Waals surface area contributed by atoms with E-state index < -0.39 is 0 Å². The number of hydrogen-bond acceptors (Lipinski definition) is 1. The van der Waals surface area contributed by atoms with Gasteiger partial charge in [-0.15, -0.1) is 0 Å². The molecule has 2 heteroatoms. The molecule has 1 aliphatic heterocycles. The van der Waals surface area contributed by atoms with E-state index >= 15 is 0 Å².